The zero-order valence-electron chi connectivity index (χ0n) is 15.2. The quantitative estimate of drug-likeness (QED) is 0.624. The molecule has 0 unspecified atom stereocenters. The van der Waals surface area contributed by atoms with E-state index in [1.165, 1.54) is 27.0 Å². The predicted molar refractivity (Wildman–Crippen MR) is 107 cm³/mol. The number of aryl methyl sites for hydroxylation is 1. The molecule has 1 fully saturated rings. The molecule has 3 nitrogen and oxygen atoms in total. The average Bonchev–Trinajstić information content (AvgIpc) is 3.12. The van der Waals surface area contributed by atoms with Crippen LogP contribution in [0.5, 0.6) is 0 Å². The van der Waals surface area contributed by atoms with Crippen LogP contribution >= 0.6 is 11.3 Å². The van der Waals surface area contributed by atoms with Gasteiger partial charge >= 0.3 is 0 Å². The SMILES string of the molecule is CN1C(=O)CC[C@]2(C)c3ccc(-c4ccc5ncsc5c4)cc3CC[C@@H]12. The van der Waals surface area contributed by atoms with Gasteiger partial charge in [-0.25, -0.2) is 4.98 Å². The molecule has 1 saturated heterocycles. The lowest BCUT2D eigenvalue weighted by atomic mass is 9.63. The van der Waals surface area contributed by atoms with Crippen molar-refractivity contribution in [3.63, 3.8) is 0 Å². The third kappa shape index (κ3) is 2.25. The van der Waals surface area contributed by atoms with Crippen molar-refractivity contribution < 1.29 is 4.79 Å². The Bertz CT molecular complexity index is 1020. The van der Waals surface area contributed by atoms with Crippen LogP contribution in [0.3, 0.4) is 0 Å². The summed E-state index contributed by atoms with van der Waals surface area (Å²) in [7, 11) is 1.98. The van der Waals surface area contributed by atoms with E-state index in [0.717, 1.165) is 24.8 Å². The Morgan fingerprint density at radius 2 is 1.96 bits per heavy atom. The number of amides is 1. The molecule has 0 bridgehead atoms. The van der Waals surface area contributed by atoms with Crippen molar-refractivity contribution in [2.45, 2.75) is 44.1 Å². The molecule has 0 spiro atoms. The van der Waals surface area contributed by atoms with Crippen molar-refractivity contribution in [3.8, 4) is 11.1 Å². The highest BCUT2D eigenvalue weighted by Gasteiger charge is 2.46. The van der Waals surface area contributed by atoms with Gasteiger partial charge in [-0.15, -0.1) is 11.3 Å². The number of aromatic nitrogens is 1. The van der Waals surface area contributed by atoms with Crippen LogP contribution in [0.4, 0.5) is 0 Å². The summed E-state index contributed by atoms with van der Waals surface area (Å²) < 4.78 is 1.24. The summed E-state index contributed by atoms with van der Waals surface area (Å²) in [6.07, 6.45) is 3.72. The minimum absolute atomic E-state index is 0.0798. The molecular formula is C22H22N2OS. The van der Waals surface area contributed by atoms with Crippen LogP contribution in [0, 0.1) is 0 Å². The summed E-state index contributed by atoms with van der Waals surface area (Å²) in [5.74, 6) is 0.297. The van der Waals surface area contributed by atoms with E-state index in [0.29, 0.717) is 18.4 Å². The highest BCUT2D eigenvalue weighted by molar-refractivity contribution is 7.16. The smallest absolute Gasteiger partial charge is 0.222 e. The summed E-state index contributed by atoms with van der Waals surface area (Å²) in [6, 6.07) is 13.8. The van der Waals surface area contributed by atoms with Crippen LogP contribution in [0.15, 0.2) is 41.9 Å². The lowest BCUT2D eigenvalue weighted by molar-refractivity contribution is -0.138. The molecule has 0 radical (unpaired) electrons. The van der Waals surface area contributed by atoms with E-state index < -0.39 is 0 Å². The number of likely N-dealkylation sites (N-methyl/N-ethyl adjacent to an activating group) is 1. The van der Waals surface area contributed by atoms with Gasteiger partial charge in [0, 0.05) is 24.9 Å². The molecule has 1 aliphatic heterocycles. The Hall–Kier alpha value is -2.20. The van der Waals surface area contributed by atoms with Crippen molar-refractivity contribution in [2.24, 2.45) is 0 Å². The maximum atomic E-state index is 12.1. The molecule has 0 saturated carbocycles. The van der Waals surface area contributed by atoms with Crippen molar-refractivity contribution in [1.29, 1.82) is 0 Å². The number of carbonyl (C=O) groups is 1. The summed E-state index contributed by atoms with van der Waals surface area (Å²) >= 11 is 1.69. The molecule has 2 atom stereocenters. The Labute approximate surface area is 157 Å². The number of piperidine rings is 1. The fourth-order valence-electron chi connectivity index (χ4n) is 5.00. The second-order valence-electron chi connectivity index (χ2n) is 7.88. The van der Waals surface area contributed by atoms with Crippen LogP contribution in [-0.2, 0) is 16.6 Å². The average molecular weight is 362 g/mol. The molecule has 132 valence electrons. The number of rotatable bonds is 1. The predicted octanol–water partition coefficient (Wildman–Crippen LogP) is 4.79. The second kappa shape index (κ2) is 5.65. The lowest BCUT2D eigenvalue weighted by Crippen LogP contribution is -2.56. The highest BCUT2D eigenvalue weighted by Crippen LogP contribution is 2.46. The van der Waals surface area contributed by atoms with E-state index in [4.69, 9.17) is 0 Å². The minimum atomic E-state index is 0.0798. The number of hydrogen-bond donors (Lipinski definition) is 0. The second-order valence-corrected chi connectivity index (χ2v) is 8.77. The summed E-state index contributed by atoms with van der Waals surface area (Å²) in [5.41, 5.74) is 8.49. The number of thiazole rings is 1. The molecule has 2 heterocycles. The van der Waals surface area contributed by atoms with Gasteiger partial charge in [-0.1, -0.05) is 31.2 Å². The largest absolute Gasteiger partial charge is 0.342 e. The first-order valence-electron chi connectivity index (χ1n) is 9.29. The van der Waals surface area contributed by atoms with Crippen LogP contribution in [0.1, 0.15) is 37.3 Å². The third-order valence-corrected chi connectivity index (χ3v) is 7.32. The summed E-state index contributed by atoms with van der Waals surface area (Å²) in [4.78, 5) is 18.5. The van der Waals surface area contributed by atoms with Crippen molar-refractivity contribution >= 4 is 27.5 Å². The van der Waals surface area contributed by atoms with E-state index in [2.05, 4.69) is 48.3 Å². The van der Waals surface area contributed by atoms with Gasteiger partial charge in [-0.05, 0) is 53.6 Å². The molecule has 3 aromatic rings. The van der Waals surface area contributed by atoms with Gasteiger partial charge < -0.3 is 4.90 Å². The number of fused-ring (bicyclic) bond motifs is 4. The van der Waals surface area contributed by atoms with E-state index in [9.17, 15) is 4.79 Å². The molecule has 26 heavy (non-hydrogen) atoms. The fraction of sp³-hybridized carbons (Fsp3) is 0.364. The fourth-order valence-corrected chi connectivity index (χ4v) is 5.72. The first kappa shape index (κ1) is 16.0. The van der Waals surface area contributed by atoms with Crippen molar-refractivity contribution in [3.05, 3.63) is 53.0 Å². The normalized spacial score (nSPS) is 25.2. The Morgan fingerprint density at radius 1 is 1.15 bits per heavy atom. The molecule has 2 aliphatic rings. The molecule has 1 aromatic heterocycles. The first-order chi connectivity index (χ1) is 12.6. The number of benzene rings is 2. The summed E-state index contributed by atoms with van der Waals surface area (Å²) in [6.45, 7) is 2.35. The van der Waals surface area contributed by atoms with Gasteiger partial charge in [0.05, 0.1) is 15.7 Å². The minimum Gasteiger partial charge on any atom is -0.342 e. The van der Waals surface area contributed by atoms with Gasteiger partial charge in [0.15, 0.2) is 0 Å². The van der Waals surface area contributed by atoms with Gasteiger partial charge in [-0.3, -0.25) is 4.79 Å². The van der Waals surface area contributed by atoms with Gasteiger partial charge in [0.1, 0.15) is 0 Å². The Balaban J connectivity index is 1.57. The highest BCUT2D eigenvalue weighted by atomic mass is 32.1. The lowest BCUT2D eigenvalue weighted by Gasteiger charge is -2.50. The molecule has 2 aromatic carbocycles. The maximum Gasteiger partial charge on any atom is 0.222 e. The Kier molecular flexibility index (Phi) is 3.48. The van der Waals surface area contributed by atoms with E-state index in [1.54, 1.807) is 11.3 Å². The van der Waals surface area contributed by atoms with Crippen molar-refractivity contribution in [2.75, 3.05) is 7.05 Å². The standard InChI is InChI=1S/C22H22N2OS/c1-22-10-9-21(25)24(2)20(22)8-5-16-11-14(3-6-17(16)22)15-4-7-18-19(12-15)26-13-23-18/h3-4,6-7,11-13,20H,5,8-10H2,1-2H3/t20-,22-/m1/s1. The van der Waals surface area contributed by atoms with Crippen LogP contribution in [0.2, 0.25) is 0 Å². The van der Waals surface area contributed by atoms with Gasteiger partial charge in [0.2, 0.25) is 5.91 Å². The maximum absolute atomic E-state index is 12.1. The van der Waals surface area contributed by atoms with E-state index in [1.807, 2.05) is 17.5 Å². The van der Waals surface area contributed by atoms with Crippen LogP contribution < -0.4 is 0 Å². The molecule has 1 aliphatic carbocycles. The summed E-state index contributed by atoms with van der Waals surface area (Å²) in [5, 5.41) is 0. The molecule has 4 heteroatoms. The molecule has 0 N–H and O–H groups in total. The van der Waals surface area contributed by atoms with Crippen LogP contribution in [-0.4, -0.2) is 28.9 Å². The molecule has 5 rings (SSSR count). The molecule has 1 amide bonds. The van der Waals surface area contributed by atoms with E-state index in [-0.39, 0.29) is 5.41 Å². The third-order valence-electron chi connectivity index (χ3n) is 6.53. The first-order valence-corrected chi connectivity index (χ1v) is 10.2. The zero-order chi connectivity index (χ0) is 17.9. The van der Waals surface area contributed by atoms with Crippen LogP contribution in [0.25, 0.3) is 21.3 Å². The number of carbonyl (C=O) groups excluding carboxylic acids is 1. The van der Waals surface area contributed by atoms with Gasteiger partial charge in [0.25, 0.3) is 0 Å². The van der Waals surface area contributed by atoms with Gasteiger partial charge in [-0.2, -0.15) is 0 Å². The number of likely N-dealkylation sites (tertiary alicyclic amines) is 1. The monoisotopic (exact) mass is 362 g/mol. The number of hydrogen-bond acceptors (Lipinski definition) is 3. The molecular weight excluding hydrogens is 340 g/mol. The zero-order valence-corrected chi connectivity index (χ0v) is 16.0. The van der Waals surface area contributed by atoms with E-state index >= 15 is 0 Å². The number of nitrogens with zero attached hydrogens (tertiary/aromatic N) is 2. The Morgan fingerprint density at radius 3 is 2.85 bits per heavy atom. The topological polar surface area (TPSA) is 33.2 Å². The van der Waals surface area contributed by atoms with Crippen molar-refractivity contribution in [1.82, 2.24) is 9.88 Å².